The third-order valence-corrected chi connectivity index (χ3v) is 7.37. The Labute approximate surface area is 190 Å². The number of benzene rings is 1. The summed E-state index contributed by atoms with van der Waals surface area (Å²) in [7, 11) is 3.17. The number of thiophene rings is 1. The van der Waals surface area contributed by atoms with Crippen molar-refractivity contribution in [2.24, 2.45) is 0 Å². The monoisotopic (exact) mass is 458 g/mol. The van der Waals surface area contributed by atoms with Crippen LogP contribution in [0.3, 0.4) is 0 Å². The summed E-state index contributed by atoms with van der Waals surface area (Å²) < 4.78 is 10.6. The number of rotatable bonds is 7. The molecule has 1 amide bonds. The first-order valence-corrected chi connectivity index (χ1v) is 12.1. The van der Waals surface area contributed by atoms with Gasteiger partial charge in [0.05, 0.1) is 17.4 Å². The number of hydrogen-bond donors (Lipinski definition) is 1. The number of hydrogen-bond acceptors (Lipinski definition) is 8. The first kappa shape index (κ1) is 22.0. The van der Waals surface area contributed by atoms with E-state index in [1.54, 1.807) is 14.2 Å². The number of carbonyl (C=O) groups is 1. The molecule has 0 bridgehead atoms. The van der Waals surface area contributed by atoms with Crippen molar-refractivity contribution in [1.29, 1.82) is 0 Å². The van der Waals surface area contributed by atoms with E-state index >= 15 is 0 Å². The molecule has 1 fully saturated rings. The number of nitrogens with one attached hydrogen (secondary N) is 1. The van der Waals surface area contributed by atoms with E-state index in [1.165, 1.54) is 11.3 Å². The van der Waals surface area contributed by atoms with Gasteiger partial charge in [0.15, 0.2) is 5.82 Å². The number of amides is 1. The van der Waals surface area contributed by atoms with E-state index in [4.69, 9.17) is 9.47 Å². The van der Waals surface area contributed by atoms with Crippen LogP contribution >= 0.6 is 23.1 Å². The fourth-order valence-corrected chi connectivity index (χ4v) is 5.73. The van der Waals surface area contributed by atoms with Crippen molar-refractivity contribution in [1.82, 2.24) is 14.9 Å². The maximum Gasteiger partial charge on any atom is 0.266 e. The van der Waals surface area contributed by atoms with Gasteiger partial charge in [0.2, 0.25) is 5.88 Å². The lowest BCUT2D eigenvalue weighted by Crippen LogP contribution is -2.32. The molecule has 1 aliphatic rings. The summed E-state index contributed by atoms with van der Waals surface area (Å²) in [5.41, 5.74) is 2.80. The Morgan fingerprint density at radius 1 is 1.19 bits per heavy atom. The van der Waals surface area contributed by atoms with Crippen molar-refractivity contribution < 1.29 is 14.3 Å². The Balaban J connectivity index is 1.61. The SMILES string of the molecule is COCc1nc(OC)c2c(C)c(C(=O)Nc3ccccc3CN3CCSCC3)sc2n1. The molecule has 3 heterocycles. The molecule has 0 radical (unpaired) electrons. The molecule has 4 rings (SSSR count). The largest absolute Gasteiger partial charge is 0.480 e. The lowest BCUT2D eigenvalue weighted by molar-refractivity contribution is 0.103. The second kappa shape index (κ2) is 9.95. The van der Waals surface area contributed by atoms with Crippen LogP contribution in [-0.4, -0.2) is 59.6 Å². The maximum absolute atomic E-state index is 13.2. The number of para-hydroxylation sites is 1. The zero-order valence-electron chi connectivity index (χ0n) is 17.9. The molecule has 2 aromatic heterocycles. The summed E-state index contributed by atoms with van der Waals surface area (Å²) in [6, 6.07) is 8.02. The van der Waals surface area contributed by atoms with Crippen LogP contribution in [-0.2, 0) is 17.9 Å². The molecule has 3 aromatic rings. The molecule has 1 aromatic carbocycles. The second-order valence-electron chi connectivity index (χ2n) is 7.32. The van der Waals surface area contributed by atoms with E-state index < -0.39 is 0 Å². The van der Waals surface area contributed by atoms with Gasteiger partial charge in [-0.05, 0) is 24.1 Å². The molecule has 0 spiro atoms. The minimum absolute atomic E-state index is 0.141. The third kappa shape index (κ3) is 4.85. The van der Waals surface area contributed by atoms with Crippen LogP contribution in [0.5, 0.6) is 5.88 Å². The first-order valence-electron chi connectivity index (χ1n) is 10.1. The maximum atomic E-state index is 13.2. The van der Waals surface area contributed by atoms with Crippen LogP contribution in [0.25, 0.3) is 10.2 Å². The zero-order chi connectivity index (χ0) is 21.8. The topological polar surface area (TPSA) is 76.6 Å². The number of nitrogens with zero attached hydrogens (tertiary/aromatic N) is 3. The van der Waals surface area contributed by atoms with Crippen molar-refractivity contribution in [3.05, 3.63) is 46.1 Å². The molecule has 7 nitrogen and oxygen atoms in total. The van der Waals surface area contributed by atoms with E-state index in [0.29, 0.717) is 16.6 Å². The molecule has 31 heavy (non-hydrogen) atoms. The van der Waals surface area contributed by atoms with Crippen molar-refractivity contribution in [3.63, 3.8) is 0 Å². The Morgan fingerprint density at radius 3 is 2.71 bits per heavy atom. The van der Waals surface area contributed by atoms with Crippen LogP contribution in [0.2, 0.25) is 0 Å². The Bertz CT molecular complexity index is 1080. The number of anilines is 1. The van der Waals surface area contributed by atoms with Crippen LogP contribution in [0.4, 0.5) is 5.69 Å². The molecule has 0 atom stereocenters. The summed E-state index contributed by atoms with van der Waals surface area (Å²) in [6.45, 7) is 5.18. The van der Waals surface area contributed by atoms with E-state index in [0.717, 1.165) is 58.2 Å². The zero-order valence-corrected chi connectivity index (χ0v) is 19.6. The molecular formula is C22H26N4O3S2. The highest BCUT2D eigenvalue weighted by atomic mass is 32.2. The Kier molecular flexibility index (Phi) is 7.06. The highest BCUT2D eigenvalue weighted by Gasteiger charge is 2.22. The number of aromatic nitrogens is 2. The van der Waals surface area contributed by atoms with Crippen molar-refractivity contribution in [2.75, 3.05) is 44.1 Å². The first-order chi connectivity index (χ1) is 15.1. The lowest BCUT2D eigenvalue weighted by Gasteiger charge is -2.27. The Hall–Kier alpha value is -2.20. The second-order valence-corrected chi connectivity index (χ2v) is 9.54. The van der Waals surface area contributed by atoms with Crippen molar-refractivity contribution in [3.8, 4) is 5.88 Å². The molecule has 1 N–H and O–H groups in total. The van der Waals surface area contributed by atoms with E-state index in [2.05, 4.69) is 26.3 Å². The van der Waals surface area contributed by atoms with Gasteiger partial charge >= 0.3 is 0 Å². The molecule has 9 heteroatoms. The van der Waals surface area contributed by atoms with Gasteiger partial charge in [0, 0.05) is 43.9 Å². The number of thioether (sulfide) groups is 1. The van der Waals surface area contributed by atoms with Gasteiger partial charge < -0.3 is 14.8 Å². The fraction of sp³-hybridized carbons (Fsp3) is 0.409. The molecule has 1 saturated heterocycles. The normalized spacial score (nSPS) is 14.7. The summed E-state index contributed by atoms with van der Waals surface area (Å²) in [5.74, 6) is 3.17. The molecule has 1 aliphatic heterocycles. The minimum Gasteiger partial charge on any atom is -0.480 e. The molecule has 0 aliphatic carbocycles. The average Bonchev–Trinajstić information content (AvgIpc) is 3.12. The molecular weight excluding hydrogens is 432 g/mol. The van der Waals surface area contributed by atoms with Crippen LogP contribution in [0.15, 0.2) is 24.3 Å². The van der Waals surface area contributed by atoms with Gasteiger partial charge in [-0.15, -0.1) is 11.3 Å². The van der Waals surface area contributed by atoms with Crippen LogP contribution < -0.4 is 10.1 Å². The molecule has 0 unspecified atom stereocenters. The van der Waals surface area contributed by atoms with Gasteiger partial charge in [-0.25, -0.2) is 4.98 Å². The molecule has 0 saturated carbocycles. The third-order valence-electron chi connectivity index (χ3n) is 5.24. The summed E-state index contributed by atoms with van der Waals surface area (Å²) in [6.07, 6.45) is 0. The fourth-order valence-electron chi connectivity index (χ4n) is 3.66. The highest BCUT2D eigenvalue weighted by molar-refractivity contribution is 7.99. The number of carbonyl (C=O) groups excluding carboxylic acids is 1. The number of fused-ring (bicyclic) bond motifs is 1. The van der Waals surface area contributed by atoms with E-state index in [9.17, 15) is 4.79 Å². The quantitative estimate of drug-likeness (QED) is 0.574. The highest BCUT2D eigenvalue weighted by Crippen LogP contribution is 2.35. The van der Waals surface area contributed by atoms with E-state index in [-0.39, 0.29) is 12.5 Å². The number of aryl methyl sites for hydroxylation is 1. The number of methoxy groups -OCH3 is 2. The predicted molar refractivity (Wildman–Crippen MR) is 126 cm³/mol. The van der Waals surface area contributed by atoms with Crippen LogP contribution in [0.1, 0.15) is 26.6 Å². The predicted octanol–water partition coefficient (Wildman–Crippen LogP) is 3.96. The summed E-state index contributed by atoms with van der Waals surface area (Å²) >= 11 is 3.34. The number of ether oxygens (including phenoxy) is 2. The van der Waals surface area contributed by atoms with Gasteiger partial charge in [-0.3, -0.25) is 9.69 Å². The average molecular weight is 459 g/mol. The van der Waals surface area contributed by atoms with Crippen molar-refractivity contribution in [2.45, 2.75) is 20.1 Å². The van der Waals surface area contributed by atoms with Gasteiger partial charge in [0.1, 0.15) is 11.4 Å². The van der Waals surface area contributed by atoms with Gasteiger partial charge in [-0.1, -0.05) is 18.2 Å². The summed E-state index contributed by atoms with van der Waals surface area (Å²) in [5, 5.41) is 3.90. The van der Waals surface area contributed by atoms with Gasteiger partial charge in [-0.2, -0.15) is 16.7 Å². The molecule has 164 valence electrons. The van der Waals surface area contributed by atoms with Gasteiger partial charge in [0.25, 0.3) is 5.91 Å². The smallest absolute Gasteiger partial charge is 0.266 e. The minimum atomic E-state index is -0.141. The van der Waals surface area contributed by atoms with E-state index in [1.807, 2.05) is 36.9 Å². The lowest BCUT2D eigenvalue weighted by atomic mass is 10.1. The standard InChI is InChI=1S/C22H26N4O3S2/c1-14-18-21(29-3)24-17(13-28-2)25-22(18)31-19(14)20(27)23-16-7-5-4-6-15(16)12-26-8-10-30-11-9-26/h4-7H,8-13H2,1-3H3,(H,23,27). The Morgan fingerprint density at radius 2 is 1.97 bits per heavy atom. The summed E-state index contributed by atoms with van der Waals surface area (Å²) in [4.78, 5) is 26.0. The van der Waals surface area contributed by atoms with Crippen LogP contribution in [0, 0.1) is 6.92 Å². The van der Waals surface area contributed by atoms with Crippen molar-refractivity contribution >= 4 is 44.9 Å².